The van der Waals surface area contributed by atoms with Gasteiger partial charge in [-0.15, -0.1) is 0 Å². The number of aryl methyl sites for hydroxylation is 1. The maximum absolute atomic E-state index is 12.9. The van der Waals surface area contributed by atoms with Crippen molar-refractivity contribution in [3.05, 3.63) is 77.1 Å². The summed E-state index contributed by atoms with van der Waals surface area (Å²) in [6.45, 7) is 3.01. The number of halogens is 1. The van der Waals surface area contributed by atoms with Crippen molar-refractivity contribution in [3.63, 3.8) is 0 Å². The molecular weight excluding hydrogens is 408 g/mol. The lowest BCUT2D eigenvalue weighted by atomic mass is 10.3. The van der Waals surface area contributed by atoms with Crippen molar-refractivity contribution in [3.8, 4) is 0 Å². The van der Waals surface area contributed by atoms with Crippen LogP contribution in [0.15, 0.2) is 70.5 Å². The van der Waals surface area contributed by atoms with Crippen molar-refractivity contribution < 1.29 is 16.8 Å². The Bertz CT molecular complexity index is 1200. The van der Waals surface area contributed by atoms with Crippen molar-refractivity contribution >= 4 is 37.3 Å². The number of benzene rings is 2. The van der Waals surface area contributed by atoms with Crippen molar-refractivity contribution in [1.82, 2.24) is 3.97 Å². The number of rotatable bonds is 5. The van der Waals surface area contributed by atoms with Gasteiger partial charge >= 0.3 is 0 Å². The number of nitrogens with zero attached hydrogens (tertiary/aromatic N) is 1. The first kappa shape index (κ1) is 19.5. The summed E-state index contributed by atoms with van der Waals surface area (Å²) in [6, 6.07) is 15.5. The summed E-state index contributed by atoms with van der Waals surface area (Å²) in [5.41, 5.74) is 0.687. The van der Waals surface area contributed by atoms with Crippen molar-refractivity contribution in [2.45, 2.75) is 23.6 Å². The maximum atomic E-state index is 12.9. The van der Waals surface area contributed by atoms with E-state index in [1.807, 2.05) is 0 Å². The molecule has 0 spiro atoms. The monoisotopic (exact) mass is 424 g/mol. The van der Waals surface area contributed by atoms with Gasteiger partial charge in [-0.3, -0.25) is 4.72 Å². The van der Waals surface area contributed by atoms with Crippen LogP contribution in [0.2, 0.25) is 5.02 Å². The molecule has 0 saturated carbocycles. The molecule has 0 fully saturated rings. The van der Waals surface area contributed by atoms with E-state index < -0.39 is 20.0 Å². The molecule has 9 heteroatoms. The molecule has 6 nitrogen and oxygen atoms in total. The van der Waals surface area contributed by atoms with Crippen LogP contribution in [0.1, 0.15) is 11.4 Å². The van der Waals surface area contributed by atoms with Crippen molar-refractivity contribution in [2.75, 3.05) is 4.72 Å². The molecule has 0 bridgehead atoms. The third-order valence-electron chi connectivity index (χ3n) is 3.97. The fourth-order valence-corrected chi connectivity index (χ4v) is 6.02. The van der Waals surface area contributed by atoms with Crippen LogP contribution in [0.25, 0.3) is 0 Å². The van der Waals surface area contributed by atoms with Gasteiger partial charge in [0.1, 0.15) is 4.90 Å². The van der Waals surface area contributed by atoms with Gasteiger partial charge in [0.15, 0.2) is 0 Å². The molecule has 3 rings (SSSR count). The number of anilines is 1. The highest BCUT2D eigenvalue weighted by atomic mass is 35.5. The van der Waals surface area contributed by atoms with Crippen LogP contribution in [0.4, 0.5) is 5.69 Å². The van der Waals surface area contributed by atoms with E-state index in [-0.39, 0.29) is 15.5 Å². The quantitative estimate of drug-likeness (QED) is 0.675. The Hall–Kier alpha value is -2.29. The Morgan fingerprint density at radius 3 is 2.19 bits per heavy atom. The molecule has 0 aliphatic heterocycles. The van der Waals surface area contributed by atoms with Gasteiger partial charge in [0.05, 0.1) is 16.3 Å². The van der Waals surface area contributed by atoms with E-state index in [2.05, 4.69) is 4.72 Å². The zero-order valence-electron chi connectivity index (χ0n) is 14.5. The summed E-state index contributed by atoms with van der Waals surface area (Å²) >= 11 is 5.89. The van der Waals surface area contributed by atoms with Gasteiger partial charge in [-0.1, -0.05) is 35.9 Å². The number of aromatic nitrogens is 1. The SMILES string of the molecule is Cc1cc(S(=O)(=O)Nc2cccc(Cl)c2)c(C)n1S(=O)(=O)c1ccccc1. The molecule has 0 unspecified atom stereocenters. The topological polar surface area (TPSA) is 85.2 Å². The van der Waals surface area contributed by atoms with Crippen LogP contribution in [0.5, 0.6) is 0 Å². The molecule has 2 aromatic carbocycles. The first-order valence-electron chi connectivity index (χ1n) is 7.91. The van der Waals surface area contributed by atoms with Gasteiger partial charge in [-0.2, -0.15) is 0 Å². The van der Waals surface area contributed by atoms with E-state index >= 15 is 0 Å². The highest BCUT2D eigenvalue weighted by Gasteiger charge is 2.28. The Labute approximate surface area is 163 Å². The van der Waals surface area contributed by atoms with Gasteiger partial charge in [0.2, 0.25) is 0 Å². The number of sulfonamides is 1. The minimum Gasteiger partial charge on any atom is -0.280 e. The molecule has 0 atom stereocenters. The molecule has 142 valence electrons. The third-order valence-corrected chi connectivity index (χ3v) is 7.61. The summed E-state index contributed by atoms with van der Waals surface area (Å²) in [7, 11) is -7.91. The van der Waals surface area contributed by atoms with E-state index in [9.17, 15) is 16.8 Å². The lowest BCUT2D eigenvalue weighted by Gasteiger charge is -2.12. The average Bonchev–Trinajstić information content (AvgIpc) is 2.91. The predicted molar refractivity (Wildman–Crippen MR) is 105 cm³/mol. The summed E-state index contributed by atoms with van der Waals surface area (Å²) in [6.07, 6.45) is 0. The van der Waals surface area contributed by atoms with Gasteiger partial charge in [-0.25, -0.2) is 20.8 Å². The maximum Gasteiger partial charge on any atom is 0.268 e. The Kier molecular flexibility index (Phi) is 5.07. The fraction of sp³-hybridized carbons (Fsp3) is 0.111. The smallest absolute Gasteiger partial charge is 0.268 e. The largest absolute Gasteiger partial charge is 0.280 e. The molecule has 0 aliphatic rings. The first-order chi connectivity index (χ1) is 12.6. The molecule has 3 aromatic rings. The minimum absolute atomic E-state index is 0.0820. The van der Waals surface area contributed by atoms with Gasteiger partial charge < -0.3 is 0 Å². The molecule has 27 heavy (non-hydrogen) atoms. The highest BCUT2D eigenvalue weighted by Crippen LogP contribution is 2.27. The lowest BCUT2D eigenvalue weighted by Crippen LogP contribution is -2.18. The molecule has 0 saturated heterocycles. The van der Waals surface area contributed by atoms with E-state index in [0.29, 0.717) is 16.4 Å². The minimum atomic E-state index is -4.00. The average molecular weight is 425 g/mol. The van der Waals surface area contributed by atoms with Crippen LogP contribution in [0, 0.1) is 13.8 Å². The predicted octanol–water partition coefficient (Wildman–Crippen LogP) is 3.80. The first-order valence-corrected chi connectivity index (χ1v) is 11.2. The van der Waals surface area contributed by atoms with Crippen molar-refractivity contribution in [2.24, 2.45) is 0 Å². The van der Waals surface area contributed by atoms with E-state index in [1.165, 1.54) is 31.2 Å². The Morgan fingerprint density at radius 1 is 0.889 bits per heavy atom. The second-order valence-electron chi connectivity index (χ2n) is 5.93. The van der Waals surface area contributed by atoms with Crippen molar-refractivity contribution in [1.29, 1.82) is 0 Å². The molecule has 0 radical (unpaired) electrons. The second kappa shape index (κ2) is 7.03. The summed E-state index contributed by atoms with van der Waals surface area (Å²) in [5.74, 6) is 0. The number of nitrogens with one attached hydrogen (secondary N) is 1. The normalized spacial score (nSPS) is 12.1. The Balaban J connectivity index is 2.08. The van der Waals surface area contributed by atoms with Crippen LogP contribution in [0.3, 0.4) is 0 Å². The van der Waals surface area contributed by atoms with E-state index in [1.54, 1.807) is 43.3 Å². The van der Waals surface area contributed by atoms with Gasteiger partial charge in [-0.05, 0) is 50.2 Å². The van der Waals surface area contributed by atoms with Crippen LogP contribution in [-0.2, 0) is 20.0 Å². The van der Waals surface area contributed by atoms with E-state index in [4.69, 9.17) is 11.6 Å². The lowest BCUT2D eigenvalue weighted by molar-refractivity contribution is 0.584. The van der Waals surface area contributed by atoms with Gasteiger partial charge in [0.25, 0.3) is 20.0 Å². The zero-order valence-corrected chi connectivity index (χ0v) is 16.9. The molecule has 1 heterocycles. The molecule has 0 amide bonds. The fourth-order valence-electron chi connectivity index (χ4n) is 2.82. The molecule has 1 aromatic heterocycles. The van der Waals surface area contributed by atoms with E-state index in [0.717, 1.165) is 3.97 Å². The van der Waals surface area contributed by atoms with Crippen LogP contribution < -0.4 is 4.72 Å². The Morgan fingerprint density at radius 2 is 1.56 bits per heavy atom. The van der Waals surface area contributed by atoms with Crippen LogP contribution in [-0.4, -0.2) is 20.8 Å². The standard InChI is InChI=1S/C18H17ClN2O4S2/c1-13-11-18(26(22,23)20-16-8-6-7-15(19)12-16)14(2)21(13)27(24,25)17-9-4-3-5-10-17/h3-12,20H,1-2H3. The summed E-state index contributed by atoms with van der Waals surface area (Å²) in [5, 5.41) is 0.382. The highest BCUT2D eigenvalue weighted by molar-refractivity contribution is 7.93. The molecular formula is C18H17ClN2O4S2. The van der Waals surface area contributed by atoms with Crippen LogP contribution >= 0.6 is 11.6 Å². The number of hydrogen-bond donors (Lipinski definition) is 1. The third kappa shape index (κ3) is 3.73. The second-order valence-corrected chi connectivity index (χ2v) is 9.81. The molecule has 0 aliphatic carbocycles. The van der Waals surface area contributed by atoms with Gasteiger partial charge in [0, 0.05) is 10.7 Å². The zero-order chi connectivity index (χ0) is 19.8. The number of hydrogen-bond acceptors (Lipinski definition) is 4. The summed E-state index contributed by atoms with van der Waals surface area (Å²) in [4.78, 5) is -0.0296. The summed E-state index contributed by atoms with van der Waals surface area (Å²) < 4.78 is 55.0. The molecule has 1 N–H and O–H groups in total.